The van der Waals surface area contributed by atoms with E-state index in [4.69, 9.17) is 14.2 Å². The quantitative estimate of drug-likeness (QED) is 0.403. The number of nitrogens with zero attached hydrogens (tertiary/aromatic N) is 2. The third kappa shape index (κ3) is 5.25. The molecule has 1 amide bonds. The number of amides is 1. The van der Waals surface area contributed by atoms with E-state index < -0.39 is 0 Å². The highest BCUT2D eigenvalue weighted by atomic mass is 16.6. The van der Waals surface area contributed by atoms with Gasteiger partial charge in [-0.15, -0.1) is 0 Å². The highest BCUT2D eigenvalue weighted by molar-refractivity contribution is 5.97. The van der Waals surface area contributed by atoms with E-state index in [2.05, 4.69) is 23.2 Å². The lowest BCUT2D eigenvalue weighted by Gasteiger charge is -2.29. The molecule has 0 spiro atoms. The van der Waals surface area contributed by atoms with Crippen LogP contribution in [-0.2, 0) is 31.8 Å². The number of carbonyl (C=O) groups is 1. The molecule has 2 aliphatic heterocycles. The van der Waals surface area contributed by atoms with Crippen LogP contribution in [0.15, 0.2) is 29.3 Å². The van der Waals surface area contributed by atoms with Gasteiger partial charge >= 0.3 is 0 Å². The number of benzene rings is 1. The lowest BCUT2D eigenvalue weighted by Crippen LogP contribution is -2.33. The van der Waals surface area contributed by atoms with Gasteiger partial charge in [-0.3, -0.25) is 9.79 Å². The van der Waals surface area contributed by atoms with Crippen LogP contribution < -0.4 is 0 Å². The Labute approximate surface area is 172 Å². The zero-order valence-corrected chi connectivity index (χ0v) is 17.1. The first-order valence-corrected chi connectivity index (χ1v) is 10.6. The van der Waals surface area contributed by atoms with Crippen molar-refractivity contribution >= 4 is 18.0 Å². The SMILES string of the molecule is CN=C(/C=C1/c2ccc(CCC3CC3)cc2CCN1C=O)OCC1COCCO1. The molecule has 2 fully saturated rings. The first kappa shape index (κ1) is 20.1. The Kier molecular flexibility index (Phi) is 6.62. The van der Waals surface area contributed by atoms with Crippen LogP contribution in [0.2, 0.25) is 0 Å². The fourth-order valence-electron chi connectivity index (χ4n) is 3.92. The number of aryl methyl sites for hydroxylation is 1. The zero-order valence-electron chi connectivity index (χ0n) is 17.1. The summed E-state index contributed by atoms with van der Waals surface area (Å²) in [4.78, 5) is 17.7. The third-order valence-electron chi connectivity index (χ3n) is 5.83. The first-order chi connectivity index (χ1) is 14.3. The fraction of sp³-hybridized carbons (Fsp3) is 0.565. The molecule has 0 aromatic heterocycles. The molecule has 1 atom stereocenters. The minimum atomic E-state index is -0.0891. The van der Waals surface area contributed by atoms with E-state index in [0.29, 0.717) is 38.9 Å². The van der Waals surface area contributed by atoms with E-state index in [0.717, 1.165) is 36.4 Å². The number of hydrogen-bond donors (Lipinski definition) is 0. The molecule has 2 heterocycles. The van der Waals surface area contributed by atoms with Gasteiger partial charge in [0.05, 0.1) is 25.5 Å². The molecule has 1 aromatic carbocycles. The number of ether oxygens (including phenoxy) is 3. The molecule has 1 saturated carbocycles. The second-order valence-corrected chi connectivity index (χ2v) is 7.99. The Morgan fingerprint density at radius 3 is 2.97 bits per heavy atom. The maximum atomic E-state index is 11.7. The summed E-state index contributed by atoms with van der Waals surface area (Å²) in [5, 5.41) is 0. The van der Waals surface area contributed by atoms with E-state index in [-0.39, 0.29) is 6.10 Å². The van der Waals surface area contributed by atoms with Gasteiger partial charge in [-0.1, -0.05) is 31.0 Å². The van der Waals surface area contributed by atoms with Gasteiger partial charge in [-0.2, -0.15) is 0 Å². The molecule has 0 bridgehead atoms. The monoisotopic (exact) mass is 398 g/mol. The van der Waals surface area contributed by atoms with Crippen molar-refractivity contribution in [3.8, 4) is 0 Å². The van der Waals surface area contributed by atoms with Crippen molar-refractivity contribution in [2.24, 2.45) is 10.9 Å². The molecular formula is C23H30N2O4. The van der Waals surface area contributed by atoms with Gasteiger partial charge in [-0.05, 0) is 36.3 Å². The smallest absolute Gasteiger partial charge is 0.214 e. The Morgan fingerprint density at radius 1 is 1.34 bits per heavy atom. The molecular weight excluding hydrogens is 368 g/mol. The van der Waals surface area contributed by atoms with Crippen LogP contribution in [0, 0.1) is 5.92 Å². The highest BCUT2D eigenvalue weighted by Gasteiger charge is 2.24. The normalized spacial score (nSPS) is 23.8. The maximum Gasteiger partial charge on any atom is 0.214 e. The summed E-state index contributed by atoms with van der Waals surface area (Å²) in [6.45, 7) is 2.79. The number of aliphatic imine (C=N–C) groups is 1. The molecule has 4 rings (SSSR count). The fourth-order valence-corrected chi connectivity index (χ4v) is 3.92. The second kappa shape index (κ2) is 9.55. The van der Waals surface area contributed by atoms with Crippen LogP contribution in [0.4, 0.5) is 0 Å². The van der Waals surface area contributed by atoms with Crippen LogP contribution in [0.3, 0.4) is 0 Å². The van der Waals surface area contributed by atoms with Crippen molar-refractivity contribution in [1.29, 1.82) is 0 Å². The van der Waals surface area contributed by atoms with Crippen LogP contribution in [0.1, 0.15) is 36.0 Å². The number of carbonyl (C=O) groups excluding carboxylic acids is 1. The van der Waals surface area contributed by atoms with E-state index in [1.807, 2.05) is 6.08 Å². The number of fused-ring (bicyclic) bond motifs is 1. The Morgan fingerprint density at radius 2 is 2.24 bits per heavy atom. The summed E-state index contributed by atoms with van der Waals surface area (Å²) in [6, 6.07) is 6.65. The van der Waals surface area contributed by atoms with E-state index in [1.165, 1.54) is 30.4 Å². The van der Waals surface area contributed by atoms with Crippen LogP contribution in [-0.4, -0.2) is 63.3 Å². The van der Waals surface area contributed by atoms with Gasteiger partial charge in [0, 0.05) is 25.2 Å². The van der Waals surface area contributed by atoms with E-state index in [9.17, 15) is 4.79 Å². The van der Waals surface area contributed by atoms with Gasteiger partial charge in [0.25, 0.3) is 0 Å². The summed E-state index contributed by atoms with van der Waals surface area (Å²) < 4.78 is 16.9. The van der Waals surface area contributed by atoms with Gasteiger partial charge in [-0.25, -0.2) is 0 Å². The summed E-state index contributed by atoms with van der Waals surface area (Å²) in [5.74, 6) is 1.43. The zero-order chi connectivity index (χ0) is 20.1. The molecule has 6 heteroatoms. The molecule has 156 valence electrons. The van der Waals surface area contributed by atoms with Gasteiger partial charge in [0.2, 0.25) is 12.3 Å². The van der Waals surface area contributed by atoms with Gasteiger partial charge < -0.3 is 19.1 Å². The van der Waals surface area contributed by atoms with Crippen LogP contribution >= 0.6 is 0 Å². The molecule has 3 aliphatic rings. The van der Waals surface area contributed by atoms with Gasteiger partial charge in [0.15, 0.2) is 0 Å². The second-order valence-electron chi connectivity index (χ2n) is 7.99. The molecule has 0 N–H and O–H groups in total. The van der Waals surface area contributed by atoms with Crippen molar-refractivity contribution in [1.82, 2.24) is 4.90 Å². The molecule has 29 heavy (non-hydrogen) atoms. The minimum Gasteiger partial charge on any atom is -0.475 e. The van der Waals surface area contributed by atoms with Gasteiger partial charge in [0.1, 0.15) is 12.7 Å². The Hall–Kier alpha value is -2.18. The molecule has 6 nitrogen and oxygen atoms in total. The third-order valence-corrected chi connectivity index (χ3v) is 5.83. The number of rotatable bonds is 7. The van der Waals surface area contributed by atoms with Crippen molar-refractivity contribution in [2.45, 2.75) is 38.2 Å². The molecule has 1 saturated heterocycles. The van der Waals surface area contributed by atoms with Crippen molar-refractivity contribution < 1.29 is 19.0 Å². The lowest BCUT2D eigenvalue weighted by atomic mass is 9.93. The standard InChI is InChI=1S/C23H30N2O4/c1-24-23(29-15-20-14-27-10-11-28-20)13-22-21-7-6-18(5-4-17-2-3-17)12-19(21)8-9-25(22)16-26/h6-7,12-13,16-17,20H,2-5,8-11,14-15H2,1H3/b22-13-,24-23?. The predicted molar refractivity (Wildman–Crippen MR) is 112 cm³/mol. The average Bonchev–Trinajstić information content (AvgIpc) is 3.60. The Balaban J connectivity index is 1.49. The minimum absolute atomic E-state index is 0.0891. The van der Waals surface area contributed by atoms with E-state index in [1.54, 1.807) is 11.9 Å². The summed E-state index contributed by atoms with van der Waals surface area (Å²) >= 11 is 0. The van der Waals surface area contributed by atoms with Crippen molar-refractivity contribution in [3.63, 3.8) is 0 Å². The van der Waals surface area contributed by atoms with Crippen molar-refractivity contribution in [3.05, 3.63) is 41.0 Å². The molecule has 1 unspecified atom stereocenters. The van der Waals surface area contributed by atoms with Crippen molar-refractivity contribution in [2.75, 3.05) is 40.0 Å². The topological polar surface area (TPSA) is 60.4 Å². The first-order valence-electron chi connectivity index (χ1n) is 10.6. The Bertz CT molecular complexity index is 779. The van der Waals surface area contributed by atoms with Crippen LogP contribution in [0.25, 0.3) is 5.70 Å². The predicted octanol–water partition coefficient (Wildman–Crippen LogP) is 2.84. The number of hydrogen-bond acceptors (Lipinski definition) is 5. The lowest BCUT2D eigenvalue weighted by molar-refractivity contribution is -0.115. The average molecular weight is 399 g/mol. The molecule has 0 radical (unpaired) electrons. The highest BCUT2D eigenvalue weighted by Crippen LogP contribution is 2.34. The maximum absolute atomic E-state index is 11.7. The van der Waals surface area contributed by atoms with Crippen LogP contribution in [0.5, 0.6) is 0 Å². The molecule has 1 aliphatic carbocycles. The summed E-state index contributed by atoms with van der Waals surface area (Å²) in [7, 11) is 1.70. The molecule has 1 aromatic rings. The van der Waals surface area contributed by atoms with E-state index >= 15 is 0 Å². The summed E-state index contributed by atoms with van der Waals surface area (Å²) in [6.07, 6.45) is 8.75. The largest absolute Gasteiger partial charge is 0.475 e. The summed E-state index contributed by atoms with van der Waals surface area (Å²) in [5.41, 5.74) is 4.61.